The molecule has 0 aliphatic heterocycles. The molecule has 0 spiro atoms. The number of nitrogens with two attached hydrogens (primary N) is 1. The van der Waals surface area contributed by atoms with E-state index in [1.807, 2.05) is 30.3 Å². The minimum absolute atomic E-state index is 0.134. The van der Waals surface area contributed by atoms with Gasteiger partial charge in [0.1, 0.15) is 6.61 Å². The first kappa shape index (κ1) is 31.1. The lowest BCUT2D eigenvalue weighted by molar-refractivity contribution is -0.155. The molecule has 3 amide bonds. The molecule has 5 rings (SSSR count). The number of alkyl carbamates (subject to hydrolysis) is 1. The van der Waals surface area contributed by atoms with Crippen LogP contribution in [-0.4, -0.2) is 41.0 Å². The summed E-state index contributed by atoms with van der Waals surface area (Å²) in [6.45, 7) is 1.21. The number of pyridine rings is 2. The number of hydrogen-bond donors (Lipinski definition) is 4. The van der Waals surface area contributed by atoms with E-state index in [-0.39, 0.29) is 24.3 Å². The maximum Gasteiger partial charge on any atom is 0.407 e. The van der Waals surface area contributed by atoms with E-state index in [0.29, 0.717) is 68.9 Å². The molecule has 0 saturated heterocycles. The molecule has 2 saturated carbocycles. The van der Waals surface area contributed by atoms with Gasteiger partial charge < -0.3 is 26.4 Å². The third kappa shape index (κ3) is 7.07. The summed E-state index contributed by atoms with van der Waals surface area (Å²) in [6.07, 6.45) is 11.2. The van der Waals surface area contributed by atoms with Crippen molar-refractivity contribution < 1.29 is 19.1 Å². The smallest absolute Gasteiger partial charge is 0.407 e. The van der Waals surface area contributed by atoms with Crippen LogP contribution >= 0.6 is 0 Å². The zero-order valence-corrected chi connectivity index (χ0v) is 25.0. The van der Waals surface area contributed by atoms with E-state index in [4.69, 9.17) is 10.5 Å². The number of amides is 3. The van der Waals surface area contributed by atoms with E-state index in [1.165, 1.54) is 0 Å². The second kappa shape index (κ2) is 14.4. The Kier molecular flexibility index (Phi) is 10.2. The van der Waals surface area contributed by atoms with E-state index in [1.54, 1.807) is 49.1 Å². The number of benzene rings is 1. The summed E-state index contributed by atoms with van der Waals surface area (Å²) in [5.74, 6) is 0.194. The lowest BCUT2D eigenvalue weighted by Crippen LogP contribution is -2.59. The highest BCUT2D eigenvalue weighted by atomic mass is 16.5. The predicted octanol–water partition coefficient (Wildman–Crippen LogP) is 5.29. The van der Waals surface area contributed by atoms with Crippen LogP contribution in [0.4, 0.5) is 16.2 Å². The highest BCUT2D eigenvalue weighted by Gasteiger charge is 2.61. The highest BCUT2D eigenvalue weighted by molar-refractivity contribution is 6.04. The normalized spacial score (nSPS) is 24.9. The van der Waals surface area contributed by atoms with Gasteiger partial charge in [-0.05, 0) is 99.6 Å². The van der Waals surface area contributed by atoms with Crippen LogP contribution in [-0.2, 0) is 20.9 Å². The number of ether oxygens (including phenoxy) is 1. The van der Waals surface area contributed by atoms with Crippen molar-refractivity contribution in [3.05, 3.63) is 84.9 Å². The summed E-state index contributed by atoms with van der Waals surface area (Å²) in [7, 11) is 0. The molecule has 3 aromatic rings. The van der Waals surface area contributed by atoms with Gasteiger partial charge in [-0.3, -0.25) is 19.6 Å². The SMILES string of the molecule is NCC1CCC(C(=O)Nc2ccncc2)(C2(C(=O)Nc3ccncc3)CCC(CNC(=O)OCc3ccccc3)CC2)CC1. The Morgan fingerprint density at radius 2 is 1.20 bits per heavy atom. The van der Waals surface area contributed by atoms with E-state index < -0.39 is 16.9 Å². The third-order valence-corrected chi connectivity index (χ3v) is 9.66. The molecule has 1 aromatic carbocycles. The molecule has 0 bridgehead atoms. The predicted molar refractivity (Wildman–Crippen MR) is 168 cm³/mol. The lowest BCUT2D eigenvalue weighted by atomic mass is 9.49. The molecule has 0 unspecified atom stereocenters. The molecule has 232 valence electrons. The van der Waals surface area contributed by atoms with Crippen molar-refractivity contribution in [3.8, 4) is 0 Å². The summed E-state index contributed by atoms with van der Waals surface area (Å²) in [5.41, 5.74) is 6.41. The highest BCUT2D eigenvalue weighted by Crippen LogP contribution is 2.59. The van der Waals surface area contributed by atoms with Gasteiger partial charge in [0.15, 0.2) is 0 Å². The van der Waals surface area contributed by atoms with Gasteiger partial charge in [-0.1, -0.05) is 30.3 Å². The topological polar surface area (TPSA) is 148 Å². The Morgan fingerprint density at radius 3 is 1.68 bits per heavy atom. The molecule has 2 fully saturated rings. The minimum Gasteiger partial charge on any atom is -0.445 e. The average molecular weight is 599 g/mol. The average Bonchev–Trinajstić information content (AvgIpc) is 3.08. The van der Waals surface area contributed by atoms with Crippen LogP contribution in [0.3, 0.4) is 0 Å². The van der Waals surface area contributed by atoms with Gasteiger partial charge in [-0.15, -0.1) is 0 Å². The van der Waals surface area contributed by atoms with Crippen LogP contribution in [0.15, 0.2) is 79.4 Å². The Labute approximate surface area is 258 Å². The Balaban J connectivity index is 1.35. The van der Waals surface area contributed by atoms with Crippen molar-refractivity contribution in [2.45, 2.75) is 58.0 Å². The lowest BCUT2D eigenvalue weighted by Gasteiger charge is -2.54. The fourth-order valence-corrected chi connectivity index (χ4v) is 7.00. The molecule has 0 radical (unpaired) electrons. The number of rotatable bonds is 10. The van der Waals surface area contributed by atoms with Crippen molar-refractivity contribution >= 4 is 29.3 Å². The zero-order chi connectivity index (χ0) is 30.8. The first-order valence-corrected chi connectivity index (χ1v) is 15.5. The number of nitrogens with zero attached hydrogens (tertiary/aromatic N) is 2. The third-order valence-electron chi connectivity index (χ3n) is 9.66. The molecule has 44 heavy (non-hydrogen) atoms. The molecular formula is C34H42N6O4. The summed E-state index contributed by atoms with van der Waals surface area (Å²) in [4.78, 5) is 49.5. The monoisotopic (exact) mass is 598 g/mol. The van der Waals surface area contributed by atoms with Gasteiger partial charge in [-0.2, -0.15) is 0 Å². The van der Waals surface area contributed by atoms with Crippen LogP contribution in [0.2, 0.25) is 0 Å². The van der Waals surface area contributed by atoms with Gasteiger partial charge in [0, 0.05) is 42.7 Å². The summed E-state index contributed by atoms with van der Waals surface area (Å²) in [5, 5.41) is 9.17. The number of nitrogens with one attached hydrogen (secondary N) is 3. The van der Waals surface area contributed by atoms with Crippen molar-refractivity contribution in [2.24, 2.45) is 28.4 Å². The van der Waals surface area contributed by atoms with Gasteiger partial charge in [0.05, 0.1) is 10.8 Å². The Bertz CT molecular complexity index is 1370. The van der Waals surface area contributed by atoms with E-state index in [2.05, 4.69) is 25.9 Å². The van der Waals surface area contributed by atoms with E-state index in [0.717, 1.165) is 18.4 Å². The fourth-order valence-electron chi connectivity index (χ4n) is 7.00. The number of aromatic nitrogens is 2. The van der Waals surface area contributed by atoms with Crippen LogP contribution in [0.25, 0.3) is 0 Å². The van der Waals surface area contributed by atoms with Crippen LogP contribution < -0.4 is 21.7 Å². The maximum atomic E-state index is 14.5. The van der Waals surface area contributed by atoms with Crippen LogP contribution in [0.5, 0.6) is 0 Å². The molecule has 10 heteroatoms. The first-order chi connectivity index (χ1) is 21.4. The molecule has 0 atom stereocenters. The number of hydrogen-bond acceptors (Lipinski definition) is 7. The zero-order valence-electron chi connectivity index (χ0n) is 25.0. The van der Waals surface area contributed by atoms with Crippen molar-refractivity contribution in [1.29, 1.82) is 0 Å². The summed E-state index contributed by atoms with van der Waals surface area (Å²) < 4.78 is 5.40. The second-order valence-electron chi connectivity index (χ2n) is 12.1. The van der Waals surface area contributed by atoms with E-state index >= 15 is 0 Å². The quantitative estimate of drug-likeness (QED) is 0.248. The maximum absolute atomic E-state index is 14.5. The molecule has 2 heterocycles. The van der Waals surface area contributed by atoms with Crippen LogP contribution in [0, 0.1) is 22.7 Å². The summed E-state index contributed by atoms with van der Waals surface area (Å²) >= 11 is 0. The molecule has 10 nitrogen and oxygen atoms in total. The van der Waals surface area contributed by atoms with E-state index in [9.17, 15) is 14.4 Å². The standard InChI is InChI=1S/C34H42N6O4/c35-22-25-6-14-33(15-7-25,30(41)39-28-10-18-36-19-11-28)34(31(42)40-29-12-20-37-21-13-29)16-8-26(9-17-34)23-38-32(43)44-24-27-4-2-1-3-5-27/h1-5,10-13,18-21,25-26H,6-9,14-17,22-24,35H2,(H,38,43)(H,36,39,41)(H,37,40,42). The number of anilines is 2. The van der Waals surface area contributed by atoms with Crippen molar-refractivity contribution in [2.75, 3.05) is 23.7 Å². The van der Waals surface area contributed by atoms with Gasteiger partial charge in [-0.25, -0.2) is 4.79 Å². The van der Waals surface area contributed by atoms with Crippen molar-refractivity contribution in [1.82, 2.24) is 15.3 Å². The Hall–Kier alpha value is -4.31. The number of carbonyl (C=O) groups is 3. The first-order valence-electron chi connectivity index (χ1n) is 15.5. The molecule has 2 aromatic heterocycles. The summed E-state index contributed by atoms with van der Waals surface area (Å²) in [6, 6.07) is 16.6. The van der Waals surface area contributed by atoms with Crippen LogP contribution in [0.1, 0.15) is 56.9 Å². The largest absolute Gasteiger partial charge is 0.445 e. The van der Waals surface area contributed by atoms with Gasteiger partial charge in [0.25, 0.3) is 0 Å². The van der Waals surface area contributed by atoms with Gasteiger partial charge >= 0.3 is 6.09 Å². The molecule has 2 aliphatic rings. The second-order valence-corrected chi connectivity index (χ2v) is 12.1. The fraction of sp³-hybridized carbons (Fsp3) is 0.441. The molecule has 2 aliphatic carbocycles. The Morgan fingerprint density at radius 1 is 0.727 bits per heavy atom. The molecular weight excluding hydrogens is 556 g/mol. The minimum atomic E-state index is -0.947. The molecule has 5 N–H and O–H groups in total. The van der Waals surface area contributed by atoms with Crippen molar-refractivity contribution in [3.63, 3.8) is 0 Å². The van der Waals surface area contributed by atoms with Gasteiger partial charge in [0.2, 0.25) is 11.8 Å². The number of carbonyl (C=O) groups excluding carboxylic acids is 3.